The van der Waals surface area contributed by atoms with Gasteiger partial charge in [-0.1, -0.05) is 48.6 Å². The largest absolute Gasteiger partial charge is 0.493 e. The number of nitrogens with one attached hydrogen (secondary N) is 1. The third kappa shape index (κ3) is 3.20. The molecule has 0 bridgehead atoms. The molecule has 0 radical (unpaired) electrons. The van der Waals surface area contributed by atoms with Crippen LogP contribution in [0.15, 0.2) is 77.3 Å². The molecular weight excluding hydrogens is 438 g/mol. The molecule has 0 unspecified atom stereocenters. The van der Waals surface area contributed by atoms with Gasteiger partial charge >= 0.3 is 0 Å². The van der Waals surface area contributed by atoms with Gasteiger partial charge in [0, 0.05) is 11.6 Å². The van der Waals surface area contributed by atoms with E-state index in [1.54, 1.807) is 14.2 Å². The van der Waals surface area contributed by atoms with Crippen molar-refractivity contribution in [1.29, 1.82) is 0 Å². The normalized spacial score (nSPS) is 21.5. The van der Waals surface area contributed by atoms with Crippen LogP contribution in [0.1, 0.15) is 29.5 Å². The summed E-state index contributed by atoms with van der Waals surface area (Å²) in [5.41, 5.74) is 6.31. The van der Waals surface area contributed by atoms with Crippen molar-refractivity contribution in [2.45, 2.75) is 18.4 Å². The predicted octanol–water partition coefficient (Wildman–Crippen LogP) is 6.96. The zero-order valence-corrected chi connectivity index (χ0v) is 18.6. The predicted molar refractivity (Wildman–Crippen MR) is 125 cm³/mol. The molecule has 1 aliphatic carbocycles. The third-order valence-corrected chi connectivity index (χ3v) is 6.87. The van der Waals surface area contributed by atoms with Gasteiger partial charge < -0.3 is 14.8 Å². The molecule has 30 heavy (non-hydrogen) atoms. The minimum atomic E-state index is 0.205. The molecule has 1 N–H and O–H groups in total. The molecule has 0 saturated carbocycles. The Labute approximate surface area is 185 Å². The number of ether oxygens (including phenoxy) is 2. The Morgan fingerprint density at radius 2 is 1.77 bits per heavy atom. The van der Waals surface area contributed by atoms with Crippen LogP contribution in [-0.2, 0) is 0 Å². The molecule has 4 heteroatoms. The van der Waals surface area contributed by atoms with E-state index < -0.39 is 0 Å². The van der Waals surface area contributed by atoms with Crippen molar-refractivity contribution in [2.75, 3.05) is 19.5 Å². The number of hydrogen-bond donors (Lipinski definition) is 1. The summed E-state index contributed by atoms with van der Waals surface area (Å²) in [6.45, 7) is 0. The number of fused-ring (bicyclic) bond motifs is 3. The van der Waals surface area contributed by atoms with Crippen molar-refractivity contribution >= 4 is 21.6 Å². The lowest BCUT2D eigenvalue weighted by Crippen LogP contribution is -2.29. The Kier molecular flexibility index (Phi) is 5.03. The SMILES string of the molecule is COc1cc([C@@H]2Nc3ccc(-c4ccccc4)cc3[C@H]3C=CC[C@@H]32)cc(Br)c1OC. The number of hydrogen-bond acceptors (Lipinski definition) is 3. The molecule has 0 fully saturated rings. The second-order valence-electron chi connectivity index (χ2n) is 7.88. The first kappa shape index (κ1) is 19.3. The van der Waals surface area contributed by atoms with Gasteiger partial charge in [-0.05, 0) is 74.8 Å². The van der Waals surface area contributed by atoms with Crippen LogP contribution < -0.4 is 14.8 Å². The lowest BCUT2D eigenvalue weighted by Gasteiger charge is -2.38. The molecule has 3 atom stereocenters. The van der Waals surface area contributed by atoms with E-state index in [-0.39, 0.29) is 6.04 Å². The molecule has 0 spiro atoms. The standard InChI is InChI=1S/C26H24BrNO2/c1-29-24-15-18(14-22(27)26(24)30-2)25-20-10-6-9-19(20)21-13-17(11-12-23(21)28-25)16-7-4-3-5-8-16/h3-9,11-15,19-20,25,28H,10H2,1-2H3/t19-,20-,25-/m0/s1. The van der Waals surface area contributed by atoms with Crippen LogP contribution in [0.2, 0.25) is 0 Å². The van der Waals surface area contributed by atoms with Crippen LogP contribution in [0.25, 0.3) is 11.1 Å². The maximum Gasteiger partial charge on any atom is 0.174 e. The van der Waals surface area contributed by atoms with Gasteiger partial charge in [0.25, 0.3) is 0 Å². The Bertz CT molecular complexity index is 1110. The quantitative estimate of drug-likeness (QED) is 0.425. The molecule has 3 aromatic carbocycles. The minimum Gasteiger partial charge on any atom is -0.493 e. The van der Waals surface area contributed by atoms with Crippen molar-refractivity contribution < 1.29 is 9.47 Å². The lowest BCUT2D eigenvalue weighted by molar-refractivity contribution is 0.351. The molecule has 0 aromatic heterocycles. The second-order valence-corrected chi connectivity index (χ2v) is 8.74. The summed E-state index contributed by atoms with van der Waals surface area (Å²) < 4.78 is 12.0. The fourth-order valence-corrected chi connectivity index (χ4v) is 5.47. The highest BCUT2D eigenvalue weighted by Crippen LogP contribution is 2.51. The summed E-state index contributed by atoms with van der Waals surface area (Å²) in [5, 5.41) is 3.82. The molecular formula is C26H24BrNO2. The van der Waals surface area contributed by atoms with Crippen molar-refractivity contribution in [3.05, 3.63) is 88.4 Å². The van der Waals surface area contributed by atoms with E-state index in [0.29, 0.717) is 11.8 Å². The average Bonchev–Trinajstić information content (AvgIpc) is 3.28. The number of allylic oxidation sites excluding steroid dienone is 2. The van der Waals surface area contributed by atoms with Gasteiger partial charge in [0.2, 0.25) is 0 Å². The number of halogens is 1. The smallest absolute Gasteiger partial charge is 0.174 e. The second kappa shape index (κ2) is 7.84. The van der Waals surface area contributed by atoms with E-state index in [4.69, 9.17) is 9.47 Å². The highest BCUT2D eigenvalue weighted by molar-refractivity contribution is 9.10. The summed E-state index contributed by atoms with van der Waals surface area (Å²) >= 11 is 3.66. The van der Waals surface area contributed by atoms with E-state index >= 15 is 0 Å². The maximum absolute atomic E-state index is 5.60. The van der Waals surface area contributed by atoms with Gasteiger partial charge in [0.1, 0.15) is 0 Å². The van der Waals surface area contributed by atoms with E-state index in [1.807, 2.05) is 0 Å². The van der Waals surface area contributed by atoms with Crippen molar-refractivity contribution in [1.82, 2.24) is 0 Å². The Morgan fingerprint density at radius 3 is 2.53 bits per heavy atom. The van der Waals surface area contributed by atoms with Crippen molar-refractivity contribution in [3.8, 4) is 22.6 Å². The fourth-order valence-electron chi connectivity index (χ4n) is 4.85. The van der Waals surface area contributed by atoms with Crippen LogP contribution in [0.3, 0.4) is 0 Å². The van der Waals surface area contributed by atoms with E-state index in [0.717, 1.165) is 22.4 Å². The van der Waals surface area contributed by atoms with E-state index in [9.17, 15) is 0 Å². The van der Waals surface area contributed by atoms with Crippen LogP contribution in [-0.4, -0.2) is 14.2 Å². The number of methoxy groups -OCH3 is 2. The van der Waals surface area contributed by atoms with Crippen molar-refractivity contribution in [3.63, 3.8) is 0 Å². The van der Waals surface area contributed by atoms with Crippen molar-refractivity contribution in [2.24, 2.45) is 5.92 Å². The van der Waals surface area contributed by atoms with Gasteiger partial charge in [-0.25, -0.2) is 0 Å². The molecule has 1 aliphatic heterocycles. The summed E-state index contributed by atoms with van der Waals surface area (Å²) in [4.78, 5) is 0. The third-order valence-electron chi connectivity index (χ3n) is 6.28. The number of benzene rings is 3. The molecule has 1 heterocycles. The maximum atomic E-state index is 5.60. The van der Waals surface area contributed by atoms with Crippen LogP contribution in [0, 0.1) is 5.92 Å². The summed E-state index contributed by atoms with van der Waals surface area (Å²) in [6, 6.07) is 21.8. The molecule has 2 aliphatic rings. The average molecular weight is 462 g/mol. The first-order valence-electron chi connectivity index (χ1n) is 10.2. The molecule has 3 aromatic rings. The highest BCUT2D eigenvalue weighted by atomic mass is 79.9. The zero-order chi connectivity index (χ0) is 20.7. The number of rotatable bonds is 4. The lowest BCUT2D eigenvalue weighted by atomic mass is 9.76. The van der Waals surface area contributed by atoms with E-state index in [1.165, 1.54) is 27.9 Å². The summed E-state index contributed by atoms with van der Waals surface area (Å²) in [7, 11) is 3.35. The Balaban J connectivity index is 1.56. The molecule has 0 amide bonds. The van der Waals surface area contributed by atoms with Gasteiger partial charge in [0.15, 0.2) is 11.5 Å². The zero-order valence-electron chi connectivity index (χ0n) is 17.1. The molecule has 152 valence electrons. The topological polar surface area (TPSA) is 30.5 Å². The Morgan fingerprint density at radius 1 is 0.933 bits per heavy atom. The van der Waals surface area contributed by atoms with E-state index in [2.05, 4.69) is 94.1 Å². The van der Waals surface area contributed by atoms with Crippen LogP contribution >= 0.6 is 15.9 Å². The first-order valence-corrected chi connectivity index (χ1v) is 11.0. The fraction of sp³-hybridized carbons (Fsp3) is 0.231. The van der Waals surface area contributed by atoms with Gasteiger partial charge in [-0.15, -0.1) is 0 Å². The summed E-state index contributed by atoms with van der Waals surface area (Å²) in [6.07, 6.45) is 5.76. The monoisotopic (exact) mass is 461 g/mol. The minimum absolute atomic E-state index is 0.205. The highest BCUT2D eigenvalue weighted by Gasteiger charge is 2.38. The molecule has 5 rings (SSSR count). The summed E-state index contributed by atoms with van der Waals surface area (Å²) in [5.74, 6) is 2.35. The molecule has 0 saturated heterocycles. The Hall–Kier alpha value is -2.72. The van der Waals surface area contributed by atoms with Gasteiger partial charge in [0.05, 0.1) is 24.7 Å². The van der Waals surface area contributed by atoms with Crippen LogP contribution in [0.4, 0.5) is 5.69 Å². The number of anilines is 1. The molecule has 3 nitrogen and oxygen atoms in total. The van der Waals surface area contributed by atoms with Crippen LogP contribution in [0.5, 0.6) is 11.5 Å². The van der Waals surface area contributed by atoms with Gasteiger partial charge in [-0.3, -0.25) is 0 Å². The van der Waals surface area contributed by atoms with Gasteiger partial charge in [-0.2, -0.15) is 0 Å². The first-order chi connectivity index (χ1) is 14.7.